The maximum atomic E-state index is 12.9. The van der Waals surface area contributed by atoms with Crippen molar-refractivity contribution >= 4 is 23.4 Å². The molecule has 0 saturated heterocycles. The molecule has 5 rings (SSSR count). The molecule has 1 N–H and O–H groups in total. The van der Waals surface area contributed by atoms with Crippen LogP contribution in [0.3, 0.4) is 0 Å². The smallest absolute Gasteiger partial charge is 0.272 e. The van der Waals surface area contributed by atoms with Crippen LogP contribution in [0.5, 0.6) is 0 Å². The van der Waals surface area contributed by atoms with Crippen LogP contribution in [0.15, 0.2) is 30.3 Å². The van der Waals surface area contributed by atoms with Crippen LogP contribution < -0.4 is 5.32 Å². The Morgan fingerprint density at radius 3 is 2.82 bits per heavy atom. The second kappa shape index (κ2) is 6.92. The summed E-state index contributed by atoms with van der Waals surface area (Å²) in [5, 5.41) is 8.20. The maximum Gasteiger partial charge on any atom is 0.272 e. The molecule has 6 nitrogen and oxygen atoms in total. The molecule has 2 fully saturated rings. The first-order valence-electron chi connectivity index (χ1n) is 10.00. The highest BCUT2D eigenvalue weighted by molar-refractivity contribution is 6.31. The van der Waals surface area contributed by atoms with E-state index in [1.165, 1.54) is 19.3 Å². The molecule has 2 bridgehead atoms. The SMILES string of the molecule is O=C(N[C@@H]1C[C@H]2CC[C@H]1C2)c1cc2n(n1)CCN(Cc1ccccc1Cl)C2=O. The van der Waals surface area contributed by atoms with Gasteiger partial charge in [-0.3, -0.25) is 14.3 Å². The van der Waals surface area contributed by atoms with E-state index in [1.807, 2.05) is 24.3 Å². The largest absolute Gasteiger partial charge is 0.348 e. The Hall–Kier alpha value is -2.34. The van der Waals surface area contributed by atoms with Crippen LogP contribution in [0.2, 0.25) is 5.02 Å². The molecule has 2 heterocycles. The lowest BCUT2D eigenvalue weighted by Gasteiger charge is -2.27. The second-order valence-electron chi connectivity index (χ2n) is 8.21. The number of carbonyl (C=O) groups is 2. The Morgan fingerprint density at radius 2 is 2.07 bits per heavy atom. The van der Waals surface area contributed by atoms with Gasteiger partial charge in [0.2, 0.25) is 0 Å². The lowest BCUT2D eigenvalue weighted by atomic mass is 9.95. The van der Waals surface area contributed by atoms with E-state index in [1.54, 1.807) is 15.6 Å². The monoisotopic (exact) mass is 398 g/mol. The number of carbonyl (C=O) groups excluding carboxylic acids is 2. The van der Waals surface area contributed by atoms with E-state index >= 15 is 0 Å². The fraction of sp³-hybridized carbons (Fsp3) is 0.476. The molecule has 2 saturated carbocycles. The zero-order valence-electron chi connectivity index (χ0n) is 15.6. The molecule has 7 heteroatoms. The van der Waals surface area contributed by atoms with E-state index in [0.29, 0.717) is 42.0 Å². The van der Waals surface area contributed by atoms with Crippen LogP contribution >= 0.6 is 11.6 Å². The van der Waals surface area contributed by atoms with Crippen molar-refractivity contribution < 1.29 is 9.59 Å². The summed E-state index contributed by atoms with van der Waals surface area (Å²) < 4.78 is 1.65. The first-order chi connectivity index (χ1) is 13.6. The molecule has 28 heavy (non-hydrogen) atoms. The second-order valence-corrected chi connectivity index (χ2v) is 8.62. The Bertz CT molecular complexity index is 940. The fourth-order valence-corrected chi connectivity index (χ4v) is 5.19. The van der Waals surface area contributed by atoms with E-state index in [9.17, 15) is 9.59 Å². The molecule has 2 amide bonds. The van der Waals surface area contributed by atoms with Gasteiger partial charge in [-0.15, -0.1) is 0 Å². The van der Waals surface area contributed by atoms with Crippen LogP contribution in [0.25, 0.3) is 0 Å². The minimum Gasteiger partial charge on any atom is -0.348 e. The van der Waals surface area contributed by atoms with Gasteiger partial charge in [0, 0.05) is 30.2 Å². The number of fused-ring (bicyclic) bond motifs is 3. The number of hydrogen-bond donors (Lipinski definition) is 1. The standard InChI is InChI=1S/C21H23ClN4O2/c22-16-4-2-1-3-15(16)12-25-7-8-26-19(21(25)28)11-18(24-26)20(27)23-17-10-13-5-6-14(17)9-13/h1-4,11,13-14,17H,5-10,12H2,(H,23,27)/t13-,14-,17+/m0/s1. The molecule has 1 aliphatic heterocycles. The first kappa shape index (κ1) is 17.7. The molecule has 1 aromatic heterocycles. The highest BCUT2D eigenvalue weighted by atomic mass is 35.5. The Kier molecular flexibility index (Phi) is 4.38. The predicted octanol–water partition coefficient (Wildman–Crippen LogP) is 3.11. The number of halogens is 1. The number of nitrogens with zero attached hydrogens (tertiary/aromatic N) is 3. The molecule has 2 aromatic rings. The zero-order chi connectivity index (χ0) is 19.3. The average molecular weight is 399 g/mol. The van der Waals surface area contributed by atoms with Gasteiger partial charge in [-0.1, -0.05) is 36.2 Å². The summed E-state index contributed by atoms with van der Waals surface area (Å²) >= 11 is 6.24. The molecule has 0 unspecified atom stereocenters. The van der Waals surface area contributed by atoms with Crippen molar-refractivity contribution in [1.29, 1.82) is 0 Å². The summed E-state index contributed by atoms with van der Waals surface area (Å²) in [5.74, 6) is 1.10. The number of nitrogens with one attached hydrogen (secondary N) is 1. The lowest BCUT2D eigenvalue weighted by molar-refractivity contribution is 0.0683. The van der Waals surface area contributed by atoms with Gasteiger partial charge in [-0.05, 0) is 42.7 Å². The third-order valence-electron chi connectivity index (χ3n) is 6.47. The molecular formula is C21H23ClN4O2. The van der Waals surface area contributed by atoms with Crippen LogP contribution in [-0.2, 0) is 13.1 Å². The fourth-order valence-electron chi connectivity index (χ4n) is 5.00. The summed E-state index contributed by atoms with van der Waals surface area (Å²) in [4.78, 5) is 27.4. The van der Waals surface area contributed by atoms with Crippen molar-refractivity contribution in [1.82, 2.24) is 20.0 Å². The highest BCUT2D eigenvalue weighted by Crippen LogP contribution is 2.44. The average Bonchev–Trinajstić information content (AvgIpc) is 3.41. The van der Waals surface area contributed by atoms with Crippen LogP contribution in [0.1, 0.15) is 52.2 Å². The molecule has 146 valence electrons. The van der Waals surface area contributed by atoms with Gasteiger partial charge in [0.05, 0.1) is 6.54 Å². The van der Waals surface area contributed by atoms with E-state index in [4.69, 9.17) is 11.6 Å². The van der Waals surface area contributed by atoms with E-state index in [-0.39, 0.29) is 17.9 Å². The summed E-state index contributed by atoms with van der Waals surface area (Å²) in [5.41, 5.74) is 1.72. The van der Waals surface area contributed by atoms with Gasteiger partial charge in [0.1, 0.15) is 5.69 Å². The first-order valence-corrected chi connectivity index (χ1v) is 10.4. The summed E-state index contributed by atoms with van der Waals surface area (Å²) in [7, 11) is 0. The Balaban J connectivity index is 1.30. The predicted molar refractivity (Wildman–Crippen MR) is 105 cm³/mol. The third kappa shape index (κ3) is 3.09. The number of amides is 2. The van der Waals surface area contributed by atoms with Gasteiger partial charge in [-0.25, -0.2) is 0 Å². The maximum absolute atomic E-state index is 12.9. The number of hydrogen-bond acceptors (Lipinski definition) is 3. The van der Waals surface area contributed by atoms with Gasteiger partial charge < -0.3 is 10.2 Å². The summed E-state index contributed by atoms with van der Waals surface area (Å²) in [6, 6.07) is 9.43. The number of rotatable bonds is 4. The quantitative estimate of drug-likeness (QED) is 0.860. The van der Waals surface area contributed by atoms with E-state index in [2.05, 4.69) is 10.4 Å². The minimum absolute atomic E-state index is 0.113. The van der Waals surface area contributed by atoms with Crippen LogP contribution in [0.4, 0.5) is 0 Å². The molecule has 3 atom stereocenters. The Labute approximate surface area is 168 Å². The zero-order valence-corrected chi connectivity index (χ0v) is 16.4. The van der Waals surface area contributed by atoms with Gasteiger partial charge in [-0.2, -0.15) is 5.10 Å². The number of benzene rings is 1. The van der Waals surface area contributed by atoms with Crippen molar-refractivity contribution in [3.05, 3.63) is 52.3 Å². The Morgan fingerprint density at radius 1 is 1.21 bits per heavy atom. The normalized spacial score (nSPS) is 25.8. The van der Waals surface area contributed by atoms with Crippen LogP contribution in [-0.4, -0.2) is 39.1 Å². The molecule has 2 aliphatic carbocycles. The summed E-state index contributed by atoms with van der Waals surface area (Å²) in [6.45, 7) is 1.58. The van der Waals surface area contributed by atoms with Crippen molar-refractivity contribution in [2.45, 2.75) is 44.8 Å². The minimum atomic E-state index is -0.162. The van der Waals surface area contributed by atoms with Crippen LogP contribution in [0, 0.1) is 11.8 Å². The van der Waals surface area contributed by atoms with Gasteiger partial charge in [0.25, 0.3) is 11.8 Å². The topological polar surface area (TPSA) is 67.2 Å². The number of aromatic nitrogens is 2. The summed E-state index contributed by atoms with van der Waals surface area (Å²) in [6.07, 6.45) is 4.82. The van der Waals surface area contributed by atoms with Crippen molar-refractivity contribution in [2.75, 3.05) is 6.54 Å². The van der Waals surface area contributed by atoms with E-state index < -0.39 is 0 Å². The lowest BCUT2D eigenvalue weighted by Crippen LogP contribution is -2.40. The van der Waals surface area contributed by atoms with E-state index in [0.717, 1.165) is 17.9 Å². The molecule has 0 radical (unpaired) electrons. The van der Waals surface area contributed by atoms with Crippen molar-refractivity contribution in [3.8, 4) is 0 Å². The molecule has 0 spiro atoms. The van der Waals surface area contributed by atoms with Crippen molar-refractivity contribution in [2.24, 2.45) is 11.8 Å². The molecule has 3 aliphatic rings. The highest BCUT2D eigenvalue weighted by Gasteiger charge is 2.40. The third-order valence-corrected chi connectivity index (χ3v) is 6.84. The van der Waals surface area contributed by atoms with Crippen molar-refractivity contribution in [3.63, 3.8) is 0 Å². The molecular weight excluding hydrogens is 376 g/mol. The molecule has 1 aromatic carbocycles. The van der Waals surface area contributed by atoms with Gasteiger partial charge >= 0.3 is 0 Å². The van der Waals surface area contributed by atoms with Gasteiger partial charge in [0.15, 0.2) is 5.69 Å².